The number of thioether (sulfide) groups is 1. The predicted molar refractivity (Wildman–Crippen MR) is 159 cm³/mol. The second-order valence-electron chi connectivity index (χ2n) is 10.8. The molecule has 0 bridgehead atoms. The lowest BCUT2D eigenvalue weighted by Crippen LogP contribution is -2.30. The van der Waals surface area contributed by atoms with Crippen LogP contribution in [-0.4, -0.2) is 36.0 Å². The number of benzene rings is 2. The van der Waals surface area contributed by atoms with Gasteiger partial charge in [0.2, 0.25) is 0 Å². The van der Waals surface area contributed by atoms with Crippen LogP contribution in [0.1, 0.15) is 41.8 Å². The summed E-state index contributed by atoms with van der Waals surface area (Å²) in [6.07, 6.45) is 6.29. The Morgan fingerprint density at radius 1 is 1.07 bits per heavy atom. The first-order valence-electron chi connectivity index (χ1n) is 13.1. The quantitative estimate of drug-likeness (QED) is 0.254. The summed E-state index contributed by atoms with van der Waals surface area (Å²) in [5.74, 6) is 2.39. The molecular weight excluding hydrogens is 563 g/mol. The van der Waals surface area contributed by atoms with Crippen molar-refractivity contribution in [1.82, 2.24) is 24.5 Å². The minimum Gasteiger partial charge on any atom is -0.287 e. The Bertz CT molecular complexity index is 1890. The third-order valence-corrected chi connectivity index (χ3v) is 9.84. The van der Waals surface area contributed by atoms with Crippen LogP contribution < -0.4 is 5.56 Å². The highest BCUT2D eigenvalue weighted by Gasteiger charge is 2.55. The van der Waals surface area contributed by atoms with Gasteiger partial charge in [-0.1, -0.05) is 52.7 Å². The Morgan fingerprint density at radius 2 is 1.98 bits per heavy atom. The first-order chi connectivity index (χ1) is 19.4. The van der Waals surface area contributed by atoms with Gasteiger partial charge in [-0.2, -0.15) is 0 Å². The van der Waals surface area contributed by atoms with Gasteiger partial charge in [-0.3, -0.25) is 14.4 Å². The van der Waals surface area contributed by atoms with E-state index in [0.717, 1.165) is 36.6 Å². The highest BCUT2D eigenvalue weighted by Crippen LogP contribution is 2.59. The number of fused-ring (bicyclic) bond motifs is 4. The predicted octanol–water partition coefficient (Wildman–Crippen LogP) is 6.55. The van der Waals surface area contributed by atoms with E-state index in [1.165, 1.54) is 27.2 Å². The molecule has 0 amide bonds. The van der Waals surface area contributed by atoms with E-state index in [4.69, 9.17) is 33.2 Å². The summed E-state index contributed by atoms with van der Waals surface area (Å²) in [5.41, 5.74) is 7.93. The molecular formula is C30H22Cl2N6OS. The van der Waals surface area contributed by atoms with Gasteiger partial charge < -0.3 is 0 Å². The Labute approximate surface area is 244 Å². The van der Waals surface area contributed by atoms with Crippen molar-refractivity contribution < 1.29 is 0 Å². The molecule has 3 atom stereocenters. The van der Waals surface area contributed by atoms with E-state index in [1.807, 2.05) is 28.6 Å². The average molecular weight is 586 g/mol. The van der Waals surface area contributed by atoms with Gasteiger partial charge in [-0.05, 0) is 59.7 Å². The van der Waals surface area contributed by atoms with Crippen LogP contribution in [0.5, 0.6) is 0 Å². The van der Waals surface area contributed by atoms with Gasteiger partial charge in [0.15, 0.2) is 5.15 Å². The van der Waals surface area contributed by atoms with Crippen LogP contribution in [0, 0.1) is 5.92 Å². The van der Waals surface area contributed by atoms with Crippen molar-refractivity contribution in [1.29, 1.82) is 0 Å². The van der Waals surface area contributed by atoms with Crippen LogP contribution in [0.15, 0.2) is 81.7 Å². The lowest BCUT2D eigenvalue weighted by atomic mass is 9.96. The molecule has 3 unspecified atom stereocenters. The third-order valence-electron chi connectivity index (χ3n) is 8.19. The SMILES string of the molecule is C=C1CSc2cc(C3=CN=C(C4C5CC5c5nc(-c6cc(Cl)ccc6-n6cc(Cl)nn6)cc(=O)n54)C3)ccc2C1. The van der Waals surface area contributed by atoms with E-state index in [0.29, 0.717) is 27.9 Å². The highest BCUT2D eigenvalue weighted by atomic mass is 35.5. The molecule has 7 nitrogen and oxygen atoms in total. The summed E-state index contributed by atoms with van der Waals surface area (Å²) < 4.78 is 3.43. The summed E-state index contributed by atoms with van der Waals surface area (Å²) >= 11 is 14.2. The van der Waals surface area contributed by atoms with Crippen LogP contribution in [0.4, 0.5) is 0 Å². The second kappa shape index (κ2) is 9.03. The molecule has 0 N–H and O–H groups in total. The van der Waals surface area contributed by atoms with Crippen LogP contribution in [0.2, 0.25) is 10.2 Å². The number of rotatable bonds is 4. The van der Waals surface area contributed by atoms with Crippen molar-refractivity contribution in [3.8, 4) is 16.9 Å². The maximum Gasteiger partial charge on any atom is 0.254 e. The average Bonchev–Trinajstić information content (AvgIpc) is 3.23. The molecule has 1 fully saturated rings. The molecule has 40 heavy (non-hydrogen) atoms. The van der Waals surface area contributed by atoms with Crippen molar-refractivity contribution in [2.24, 2.45) is 10.9 Å². The van der Waals surface area contributed by atoms with Crippen molar-refractivity contribution >= 4 is 46.2 Å². The summed E-state index contributed by atoms with van der Waals surface area (Å²) in [6.45, 7) is 4.15. The van der Waals surface area contributed by atoms with E-state index in [9.17, 15) is 4.79 Å². The third kappa shape index (κ3) is 3.92. The molecule has 8 rings (SSSR count). The molecule has 0 saturated heterocycles. The maximum absolute atomic E-state index is 13.7. The van der Waals surface area contributed by atoms with Gasteiger partial charge in [0.25, 0.3) is 5.56 Å². The van der Waals surface area contributed by atoms with Gasteiger partial charge in [0.05, 0.1) is 23.6 Å². The van der Waals surface area contributed by atoms with E-state index in [-0.39, 0.29) is 22.7 Å². The lowest BCUT2D eigenvalue weighted by Gasteiger charge is -2.20. The molecule has 1 saturated carbocycles. The van der Waals surface area contributed by atoms with Crippen LogP contribution in [0.3, 0.4) is 0 Å². The number of aliphatic imine (C=N–C) groups is 1. The standard InChI is InChI=1S/C30H22Cl2N6OS/c1-15-6-17-3-2-16(8-26(17)40-14-15)18-7-24(33-12-18)29-20-10-21(20)30-34-23(11-28(39)38(29)30)22-9-19(31)4-5-25(22)37-13-27(32)35-36-37/h2-5,8-9,11-13,20-21,29H,1,6-7,10,14H2. The fourth-order valence-electron chi connectivity index (χ4n) is 6.25. The Hall–Kier alpha value is -3.46. The first-order valence-corrected chi connectivity index (χ1v) is 14.9. The number of aromatic nitrogens is 5. The summed E-state index contributed by atoms with van der Waals surface area (Å²) in [4.78, 5) is 24.9. The first kappa shape index (κ1) is 24.3. The fourth-order valence-corrected chi connectivity index (χ4v) is 7.55. The molecule has 3 aliphatic heterocycles. The van der Waals surface area contributed by atoms with E-state index < -0.39 is 0 Å². The fraction of sp³-hybridized carbons (Fsp3) is 0.233. The Kier molecular flexibility index (Phi) is 5.49. The van der Waals surface area contributed by atoms with Gasteiger partial charge in [0, 0.05) is 51.6 Å². The smallest absolute Gasteiger partial charge is 0.254 e. The Balaban J connectivity index is 1.11. The maximum atomic E-state index is 13.7. The number of hydrogen-bond donors (Lipinski definition) is 0. The highest BCUT2D eigenvalue weighted by molar-refractivity contribution is 7.99. The zero-order valence-electron chi connectivity index (χ0n) is 21.2. The van der Waals surface area contributed by atoms with Crippen molar-refractivity contribution in [3.05, 3.63) is 104 Å². The molecule has 198 valence electrons. The van der Waals surface area contributed by atoms with Gasteiger partial charge in [-0.25, -0.2) is 9.67 Å². The Morgan fingerprint density at radius 3 is 2.83 bits per heavy atom. The van der Waals surface area contributed by atoms with Crippen molar-refractivity contribution in [2.75, 3.05) is 5.75 Å². The molecule has 2 aromatic carbocycles. The zero-order chi connectivity index (χ0) is 27.1. The van der Waals surface area contributed by atoms with Crippen LogP contribution >= 0.6 is 35.0 Å². The van der Waals surface area contributed by atoms with Gasteiger partial charge in [-0.15, -0.1) is 16.9 Å². The topological polar surface area (TPSA) is 78.0 Å². The number of hydrogen-bond acceptors (Lipinski definition) is 6. The lowest BCUT2D eigenvalue weighted by molar-refractivity contribution is 0.576. The molecule has 2 aromatic heterocycles. The second-order valence-corrected chi connectivity index (χ2v) is 12.6. The molecule has 5 heterocycles. The normalized spacial score (nSPS) is 22.4. The number of halogens is 2. The van der Waals surface area contributed by atoms with E-state index in [2.05, 4.69) is 35.1 Å². The monoisotopic (exact) mass is 584 g/mol. The van der Waals surface area contributed by atoms with Gasteiger partial charge >= 0.3 is 0 Å². The molecule has 4 aliphatic rings. The van der Waals surface area contributed by atoms with Crippen molar-refractivity contribution in [3.63, 3.8) is 0 Å². The van der Waals surface area contributed by atoms with Crippen LogP contribution in [-0.2, 0) is 6.42 Å². The molecule has 0 spiro atoms. The molecule has 0 radical (unpaired) electrons. The van der Waals surface area contributed by atoms with E-state index >= 15 is 0 Å². The molecule has 1 aliphatic carbocycles. The number of allylic oxidation sites excluding steroid dienone is 1. The molecule has 10 heteroatoms. The minimum atomic E-state index is -0.0821. The number of nitrogens with zero attached hydrogens (tertiary/aromatic N) is 6. The van der Waals surface area contributed by atoms with Crippen LogP contribution in [0.25, 0.3) is 22.5 Å². The zero-order valence-corrected chi connectivity index (χ0v) is 23.5. The largest absolute Gasteiger partial charge is 0.287 e. The van der Waals surface area contributed by atoms with E-state index in [1.54, 1.807) is 29.1 Å². The minimum absolute atomic E-state index is 0.0638. The summed E-state index contributed by atoms with van der Waals surface area (Å²) in [5, 5.41) is 8.80. The van der Waals surface area contributed by atoms with Gasteiger partial charge in [0.1, 0.15) is 5.82 Å². The summed E-state index contributed by atoms with van der Waals surface area (Å²) in [6, 6.07) is 13.6. The summed E-state index contributed by atoms with van der Waals surface area (Å²) in [7, 11) is 0. The van der Waals surface area contributed by atoms with Crippen molar-refractivity contribution in [2.45, 2.75) is 36.1 Å². The molecule has 4 aromatic rings.